The smallest absolute Gasteiger partial charge is 0.119 e. The molecule has 0 aliphatic rings. The molecular formula is C41H48O3. The van der Waals surface area contributed by atoms with Crippen LogP contribution in [0.3, 0.4) is 0 Å². The molecular weight excluding hydrogens is 540 g/mol. The maximum Gasteiger partial charge on any atom is 0.119 e. The van der Waals surface area contributed by atoms with E-state index in [1.54, 1.807) is 12.1 Å². The minimum atomic E-state index is -0.563. The molecule has 0 unspecified atom stereocenters. The van der Waals surface area contributed by atoms with Crippen molar-refractivity contribution in [3.63, 3.8) is 0 Å². The Morgan fingerprint density at radius 1 is 0.568 bits per heavy atom. The summed E-state index contributed by atoms with van der Waals surface area (Å²) in [5.41, 5.74) is 9.32. The fraction of sp³-hybridized carbons (Fsp3) is 0.317. The van der Waals surface area contributed by atoms with Gasteiger partial charge in [0, 0.05) is 10.8 Å². The lowest BCUT2D eigenvalue weighted by Crippen LogP contribution is -2.26. The molecule has 0 aromatic heterocycles. The molecule has 0 spiro atoms. The van der Waals surface area contributed by atoms with Crippen LogP contribution in [0.25, 0.3) is 0 Å². The van der Waals surface area contributed by atoms with E-state index in [1.807, 2.05) is 38.1 Å². The first kappa shape index (κ1) is 32.7. The average Bonchev–Trinajstić information content (AvgIpc) is 2.95. The largest absolute Gasteiger partial charge is 0.508 e. The first-order valence-electron chi connectivity index (χ1n) is 15.5. The van der Waals surface area contributed by atoms with Gasteiger partial charge in [0.25, 0.3) is 0 Å². The Kier molecular flexibility index (Phi) is 9.49. The third-order valence-corrected chi connectivity index (χ3v) is 8.91. The second kappa shape index (κ2) is 12.8. The second-order valence-corrected chi connectivity index (χ2v) is 13.7. The third-order valence-electron chi connectivity index (χ3n) is 8.91. The van der Waals surface area contributed by atoms with Crippen molar-refractivity contribution in [1.29, 1.82) is 0 Å². The zero-order chi connectivity index (χ0) is 32.4. The zero-order valence-corrected chi connectivity index (χ0v) is 27.5. The number of aromatic hydroxyl groups is 3. The number of benzene rings is 4. The van der Waals surface area contributed by atoms with Crippen LogP contribution in [0, 0.1) is 5.92 Å². The summed E-state index contributed by atoms with van der Waals surface area (Å²) in [5.74, 6) is 1.28. The molecule has 3 heteroatoms. The number of phenols is 3. The molecule has 4 rings (SSSR count). The lowest BCUT2D eigenvalue weighted by atomic mass is 9.69. The normalized spacial score (nSPS) is 13.1. The van der Waals surface area contributed by atoms with Crippen molar-refractivity contribution in [1.82, 2.24) is 0 Å². The molecule has 0 saturated carbocycles. The first-order chi connectivity index (χ1) is 20.6. The lowest BCUT2D eigenvalue weighted by molar-refractivity contribution is 0.461. The van der Waals surface area contributed by atoms with Crippen molar-refractivity contribution in [2.75, 3.05) is 0 Å². The predicted molar refractivity (Wildman–Crippen MR) is 184 cm³/mol. The van der Waals surface area contributed by atoms with Crippen LogP contribution in [0.15, 0.2) is 103 Å². The minimum absolute atomic E-state index is 0.266. The molecule has 0 aliphatic carbocycles. The van der Waals surface area contributed by atoms with E-state index in [0.29, 0.717) is 30.3 Å². The highest BCUT2D eigenvalue weighted by molar-refractivity contribution is 5.55. The van der Waals surface area contributed by atoms with Gasteiger partial charge in [-0.05, 0) is 109 Å². The molecule has 1 atom stereocenters. The van der Waals surface area contributed by atoms with Crippen molar-refractivity contribution in [3.05, 3.63) is 148 Å². The molecule has 4 aromatic rings. The first-order valence-corrected chi connectivity index (χ1v) is 15.5. The summed E-state index contributed by atoms with van der Waals surface area (Å²) < 4.78 is 0. The van der Waals surface area contributed by atoms with E-state index < -0.39 is 5.41 Å². The van der Waals surface area contributed by atoms with Gasteiger partial charge < -0.3 is 15.3 Å². The van der Waals surface area contributed by atoms with Crippen molar-refractivity contribution >= 4 is 0 Å². The third kappa shape index (κ3) is 6.78. The van der Waals surface area contributed by atoms with E-state index in [0.717, 1.165) is 62.1 Å². The van der Waals surface area contributed by atoms with Gasteiger partial charge >= 0.3 is 0 Å². The van der Waals surface area contributed by atoms with Gasteiger partial charge in [-0.1, -0.05) is 113 Å². The average molecular weight is 589 g/mol. The Morgan fingerprint density at radius 2 is 0.932 bits per heavy atom. The Balaban J connectivity index is 1.86. The molecule has 4 aromatic carbocycles. The van der Waals surface area contributed by atoms with Gasteiger partial charge in [-0.3, -0.25) is 0 Å². The molecule has 3 nitrogen and oxygen atoms in total. The van der Waals surface area contributed by atoms with Crippen LogP contribution in [0.2, 0.25) is 0 Å². The topological polar surface area (TPSA) is 60.7 Å². The van der Waals surface area contributed by atoms with Crippen LogP contribution in [0.5, 0.6) is 17.2 Å². The maximum absolute atomic E-state index is 10.7. The Hall–Kier alpha value is -4.24. The lowest BCUT2D eigenvalue weighted by Gasteiger charge is -2.34. The summed E-state index contributed by atoms with van der Waals surface area (Å²) in [7, 11) is 0. The van der Waals surface area contributed by atoms with Gasteiger partial charge in [0.1, 0.15) is 17.2 Å². The Bertz CT molecular complexity index is 1670. The molecule has 0 radical (unpaired) electrons. The number of phenolic OH excluding ortho intramolecular Hbond substituents is 3. The molecule has 0 amide bonds. The maximum atomic E-state index is 10.7. The SMILES string of the molecule is C=C(C)Cc1cc(C(C)(C)c2ccc([C@](C)(c3ccc(O)c(CC(=C)C)c3)c3ccc(O)c(CC(C)C)c3)cc2)ccc1O. The van der Waals surface area contributed by atoms with Crippen LogP contribution in [0.4, 0.5) is 0 Å². The number of allylic oxidation sites excluding steroid dienone is 2. The molecule has 3 N–H and O–H groups in total. The molecule has 0 bridgehead atoms. The van der Waals surface area contributed by atoms with E-state index in [9.17, 15) is 15.3 Å². The quantitative estimate of drug-likeness (QED) is 0.121. The standard InChI is InChI=1S/C41H48O3/c1-26(2)20-29-23-34(14-17-37(29)42)40(7,8)32-10-12-33(13-11-32)41(9,35-15-18-38(43)30(24-35)21-27(3)4)36-16-19-39(44)31(25-36)22-28(5)6/h10-19,23-25,28,42-44H,1,3,20-22H2,2,4-9H3/t41-/m1/s1. The van der Waals surface area contributed by atoms with Crippen molar-refractivity contribution in [2.45, 2.75) is 78.6 Å². The Morgan fingerprint density at radius 3 is 1.39 bits per heavy atom. The summed E-state index contributed by atoms with van der Waals surface area (Å²) in [4.78, 5) is 0. The minimum Gasteiger partial charge on any atom is -0.508 e. The fourth-order valence-corrected chi connectivity index (χ4v) is 6.19. The van der Waals surface area contributed by atoms with Crippen LogP contribution >= 0.6 is 0 Å². The number of hydrogen-bond donors (Lipinski definition) is 3. The molecule has 0 heterocycles. The monoisotopic (exact) mass is 588 g/mol. The van der Waals surface area contributed by atoms with Crippen molar-refractivity contribution < 1.29 is 15.3 Å². The molecule has 230 valence electrons. The van der Waals surface area contributed by atoms with Gasteiger partial charge in [0.15, 0.2) is 0 Å². The van der Waals surface area contributed by atoms with Crippen molar-refractivity contribution in [3.8, 4) is 17.2 Å². The summed E-state index contributed by atoms with van der Waals surface area (Å²) in [6.45, 7) is 23.0. The molecule has 0 fully saturated rings. The highest BCUT2D eigenvalue weighted by atomic mass is 16.3. The second-order valence-electron chi connectivity index (χ2n) is 13.7. The number of hydrogen-bond acceptors (Lipinski definition) is 3. The van der Waals surface area contributed by atoms with Crippen LogP contribution in [-0.4, -0.2) is 15.3 Å². The highest BCUT2D eigenvalue weighted by Gasteiger charge is 2.33. The van der Waals surface area contributed by atoms with Gasteiger partial charge in [0.2, 0.25) is 0 Å². The van der Waals surface area contributed by atoms with E-state index in [-0.39, 0.29) is 11.2 Å². The van der Waals surface area contributed by atoms with Crippen LogP contribution in [0.1, 0.15) is 93.0 Å². The number of rotatable bonds is 11. The molecule has 0 saturated heterocycles. The summed E-state index contributed by atoms with van der Waals surface area (Å²) in [5, 5.41) is 31.9. The van der Waals surface area contributed by atoms with E-state index in [2.05, 4.69) is 90.2 Å². The van der Waals surface area contributed by atoms with E-state index in [1.165, 1.54) is 0 Å². The van der Waals surface area contributed by atoms with Gasteiger partial charge in [-0.25, -0.2) is 0 Å². The summed E-state index contributed by atoms with van der Waals surface area (Å²) >= 11 is 0. The predicted octanol–water partition coefficient (Wildman–Crippen LogP) is 9.92. The van der Waals surface area contributed by atoms with E-state index in [4.69, 9.17) is 0 Å². The molecule has 0 aliphatic heterocycles. The van der Waals surface area contributed by atoms with Crippen molar-refractivity contribution in [2.24, 2.45) is 5.92 Å². The summed E-state index contributed by atoms with van der Waals surface area (Å²) in [6.07, 6.45) is 2.01. The zero-order valence-electron chi connectivity index (χ0n) is 27.5. The summed E-state index contributed by atoms with van der Waals surface area (Å²) in [6, 6.07) is 26.5. The van der Waals surface area contributed by atoms with Gasteiger partial charge in [-0.15, -0.1) is 0 Å². The fourth-order valence-electron chi connectivity index (χ4n) is 6.19. The molecule has 44 heavy (non-hydrogen) atoms. The Labute approximate surface area is 264 Å². The van der Waals surface area contributed by atoms with Gasteiger partial charge in [0.05, 0.1) is 0 Å². The highest BCUT2D eigenvalue weighted by Crippen LogP contribution is 2.43. The van der Waals surface area contributed by atoms with Crippen LogP contribution in [-0.2, 0) is 30.1 Å². The van der Waals surface area contributed by atoms with Crippen LogP contribution < -0.4 is 0 Å². The van der Waals surface area contributed by atoms with Gasteiger partial charge in [-0.2, -0.15) is 0 Å². The van der Waals surface area contributed by atoms with E-state index >= 15 is 0 Å².